The summed E-state index contributed by atoms with van der Waals surface area (Å²) in [6.45, 7) is 2.94. The van der Waals surface area contributed by atoms with Crippen LogP contribution in [0, 0.1) is 25.2 Å². The van der Waals surface area contributed by atoms with Crippen molar-refractivity contribution >= 4 is 25.7 Å². The van der Waals surface area contributed by atoms with Gasteiger partial charge in [-0.05, 0) is 38.1 Å². The third kappa shape index (κ3) is 4.40. The van der Waals surface area contributed by atoms with Crippen molar-refractivity contribution in [1.29, 1.82) is 5.26 Å². The number of anilines is 1. The quantitative estimate of drug-likeness (QED) is 0.704. The Morgan fingerprint density at radius 1 is 1.19 bits per heavy atom. The molecule has 1 aromatic carbocycles. The van der Waals surface area contributed by atoms with E-state index in [4.69, 9.17) is 5.26 Å². The predicted molar refractivity (Wildman–Crippen MR) is 96.6 cm³/mol. The Morgan fingerprint density at radius 2 is 1.81 bits per heavy atom. The molecule has 2 aromatic rings. The highest BCUT2D eigenvalue weighted by Gasteiger charge is 2.23. The Hall–Kier alpha value is -2.42. The molecule has 1 heterocycles. The maximum atomic E-state index is 12.4. The van der Waals surface area contributed by atoms with Gasteiger partial charge in [0.25, 0.3) is 0 Å². The number of sulfonamides is 2. The Kier molecular flexibility index (Phi) is 5.70. The second-order valence-corrected chi connectivity index (χ2v) is 9.27. The Morgan fingerprint density at radius 3 is 2.27 bits per heavy atom. The molecule has 0 amide bonds. The number of nitrogens with one attached hydrogen (secondary N) is 2. The number of H-pyrrole nitrogens is 1. The zero-order valence-electron chi connectivity index (χ0n) is 14.5. The molecule has 2 rings (SSSR count). The monoisotopic (exact) mass is 397 g/mol. The minimum absolute atomic E-state index is 0.0572. The van der Waals surface area contributed by atoms with E-state index in [0.717, 1.165) is 10.6 Å². The minimum atomic E-state index is -3.82. The second kappa shape index (κ2) is 7.45. The van der Waals surface area contributed by atoms with Crippen LogP contribution in [0.3, 0.4) is 0 Å². The van der Waals surface area contributed by atoms with Crippen LogP contribution in [-0.4, -0.2) is 46.4 Å². The normalized spacial score (nSPS) is 11.9. The number of hydrogen-bond acceptors (Lipinski definition) is 6. The van der Waals surface area contributed by atoms with Crippen molar-refractivity contribution in [3.63, 3.8) is 0 Å². The molecular formula is C15H19N5O4S2. The Balaban J connectivity index is 2.17. The van der Waals surface area contributed by atoms with Crippen molar-refractivity contribution in [2.45, 2.75) is 18.7 Å². The van der Waals surface area contributed by atoms with Gasteiger partial charge in [-0.15, -0.1) is 0 Å². The third-order valence-corrected chi connectivity index (χ3v) is 6.54. The van der Waals surface area contributed by atoms with Gasteiger partial charge in [0, 0.05) is 13.1 Å². The first-order valence-corrected chi connectivity index (χ1v) is 10.9. The highest BCUT2D eigenvalue weighted by Crippen LogP contribution is 2.19. The van der Waals surface area contributed by atoms with Gasteiger partial charge in [-0.2, -0.15) is 10.4 Å². The number of nitriles is 1. The Bertz CT molecular complexity index is 1020. The van der Waals surface area contributed by atoms with Gasteiger partial charge in [0.05, 0.1) is 35.0 Å². The molecule has 140 valence electrons. The van der Waals surface area contributed by atoms with Crippen molar-refractivity contribution < 1.29 is 16.8 Å². The lowest BCUT2D eigenvalue weighted by Crippen LogP contribution is -2.38. The van der Waals surface area contributed by atoms with Crippen LogP contribution in [0.15, 0.2) is 29.2 Å². The summed E-state index contributed by atoms with van der Waals surface area (Å²) in [5.74, 6) is 0. The molecule has 0 atom stereocenters. The average molecular weight is 397 g/mol. The summed E-state index contributed by atoms with van der Waals surface area (Å²) in [4.78, 5) is 0.0572. The van der Waals surface area contributed by atoms with Gasteiger partial charge in [-0.1, -0.05) is 0 Å². The summed E-state index contributed by atoms with van der Waals surface area (Å²) in [6.07, 6.45) is 1.03. The lowest BCUT2D eigenvalue weighted by atomic mass is 10.2. The van der Waals surface area contributed by atoms with Gasteiger partial charge in [0.1, 0.15) is 4.90 Å². The van der Waals surface area contributed by atoms with Crippen LogP contribution >= 0.6 is 0 Å². The highest BCUT2D eigenvalue weighted by molar-refractivity contribution is 7.92. The summed E-state index contributed by atoms with van der Waals surface area (Å²) >= 11 is 0. The molecule has 0 saturated carbocycles. The zero-order valence-corrected chi connectivity index (χ0v) is 16.1. The average Bonchev–Trinajstić information content (AvgIpc) is 2.90. The molecule has 2 N–H and O–H groups in total. The van der Waals surface area contributed by atoms with Gasteiger partial charge in [0.15, 0.2) is 0 Å². The molecule has 0 bridgehead atoms. The molecule has 0 unspecified atom stereocenters. The molecule has 1 aromatic heterocycles. The standard InChI is InChI=1S/C15H19N5O4S2/c1-11-15(12(2)19-18-11)26(23,24)17-8-9-20(25(3,21)22)14-6-4-13(10-16)5-7-14/h4-7,17H,8-9H2,1-3H3,(H,18,19). The van der Waals surface area contributed by atoms with E-state index in [1.165, 1.54) is 24.3 Å². The summed E-state index contributed by atoms with van der Waals surface area (Å²) in [7, 11) is -7.45. The van der Waals surface area contributed by atoms with Crippen molar-refractivity contribution in [3.05, 3.63) is 41.2 Å². The van der Waals surface area contributed by atoms with Crippen LogP contribution in [0.5, 0.6) is 0 Å². The van der Waals surface area contributed by atoms with E-state index in [1.807, 2.05) is 6.07 Å². The fourth-order valence-corrected chi connectivity index (χ4v) is 4.79. The largest absolute Gasteiger partial charge is 0.281 e. The number of nitrogens with zero attached hydrogens (tertiary/aromatic N) is 3. The molecule has 0 spiro atoms. The lowest BCUT2D eigenvalue weighted by Gasteiger charge is -2.22. The molecule has 0 aliphatic heterocycles. The summed E-state index contributed by atoms with van der Waals surface area (Å²) < 4.78 is 52.4. The minimum Gasteiger partial charge on any atom is -0.281 e. The number of aryl methyl sites for hydroxylation is 2. The van der Waals surface area contributed by atoms with E-state index in [-0.39, 0.29) is 18.0 Å². The number of aromatic amines is 1. The fraction of sp³-hybridized carbons (Fsp3) is 0.333. The molecule has 26 heavy (non-hydrogen) atoms. The first-order valence-electron chi connectivity index (χ1n) is 7.55. The van der Waals surface area contributed by atoms with Crippen LogP contribution in [0.4, 0.5) is 5.69 Å². The molecule has 0 saturated heterocycles. The number of benzene rings is 1. The van der Waals surface area contributed by atoms with Crippen molar-refractivity contribution in [2.75, 3.05) is 23.7 Å². The van der Waals surface area contributed by atoms with Crippen LogP contribution < -0.4 is 9.03 Å². The van der Waals surface area contributed by atoms with E-state index < -0.39 is 20.0 Å². The van der Waals surface area contributed by atoms with Crippen molar-refractivity contribution in [3.8, 4) is 6.07 Å². The van der Waals surface area contributed by atoms with Crippen LogP contribution in [-0.2, 0) is 20.0 Å². The highest BCUT2D eigenvalue weighted by atomic mass is 32.2. The van der Waals surface area contributed by atoms with Crippen LogP contribution in [0.1, 0.15) is 17.0 Å². The van der Waals surface area contributed by atoms with E-state index in [0.29, 0.717) is 22.6 Å². The fourth-order valence-electron chi connectivity index (χ4n) is 2.48. The van der Waals surface area contributed by atoms with Crippen LogP contribution in [0.25, 0.3) is 0 Å². The van der Waals surface area contributed by atoms with E-state index >= 15 is 0 Å². The smallest absolute Gasteiger partial charge is 0.244 e. The van der Waals surface area contributed by atoms with Crippen LogP contribution in [0.2, 0.25) is 0 Å². The van der Waals surface area contributed by atoms with Crippen molar-refractivity contribution in [2.24, 2.45) is 0 Å². The Labute approximate surface area is 152 Å². The maximum absolute atomic E-state index is 12.4. The SMILES string of the molecule is Cc1n[nH]c(C)c1S(=O)(=O)NCCN(c1ccc(C#N)cc1)S(C)(=O)=O. The predicted octanol–water partition coefficient (Wildman–Crippen LogP) is 0.643. The molecule has 0 radical (unpaired) electrons. The van der Waals surface area contributed by atoms with E-state index in [2.05, 4.69) is 14.9 Å². The molecule has 11 heteroatoms. The van der Waals surface area contributed by atoms with E-state index in [1.54, 1.807) is 13.8 Å². The number of hydrogen-bond donors (Lipinski definition) is 2. The first-order chi connectivity index (χ1) is 12.1. The lowest BCUT2D eigenvalue weighted by molar-refractivity contribution is 0.577. The van der Waals surface area contributed by atoms with Gasteiger partial charge in [-0.25, -0.2) is 21.6 Å². The second-order valence-electron chi connectivity index (χ2n) is 5.65. The van der Waals surface area contributed by atoms with Gasteiger partial charge >= 0.3 is 0 Å². The van der Waals surface area contributed by atoms with Gasteiger partial charge < -0.3 is 0 Å². The van der Waals surface area contributed by atoms with Gasteiger partial charge in [0.2, 0.25) is 20.0 Å². The first kappa shape index (κ1) is 19.9. The summed E-state index contributed by atoms with van der Waals surface area (Å²) in [6, 6.07) is 7.94. The molecule has 0 fully saturated rings. The number of aromatic nitrogens is 2. The summed E-state index contributed by atoms with van der Waals surface area (Å²) in [5.41, 5.74) is 1.49. The third-order valence-electron chi connectivity index (χ3n) is 3.62. The molecule has 0 aliphatic rings. The molecular weight excluding hydrogens is 378 g/mol. The topological polar surface area (TPSA) is 136 Å². The number of rotatable bonds is 7. The maximum Gasteiger partial charge on any atom is 0.244 e. The van der Waals surface area contributed by atoms with E-state index in [9.17, 15) is 16.8 Å². The zero-order chi connectivity index (χ0) is 19.5. The molecule has 9 nitrogen and oxygen atoms in total. The van der Waals surface area contributed by atoms with Crippen molar-refractivity contribution in [1.82, 2.24) is 14.9 Å². The summed E-state index contributed by atoms with van der Waals surface area (Å²) in [5, 5.41) is 15.3. The molecule has 0 aliphatic carbocycles. The van der Waals surface area contributed by atoms with Gasteiger partial charge in [-0.3, -0.25) is 9.40 Å².